The first kappa shape index (κ1) is 19.1. The second-order valence-corrected chi connectivity index (χ2v) is 7.34. The maximum Gasteiger partial charge on any atom is 0.321 e. The molecule has 0 saturated heterocycles. The monoisotopic (exact) mass is 391 g/mol. The number of aliphatic hydroxyl groups excluding tert-OH is 1. The van der Waals surface area contributed by atoms with Gasteiger partial charge in [0.1, 0.15) is 0 Å². The predicted octanol–water partition coefficient (Wildman–Crippen LogP) is 3.84. The van der Waals surface area contributed by atoms with Crippen LogP contribution in [0.2, 0.25) is 0 Å². The highest BCUT2D eigenvalue weighted by atomic mass is 16.3. The second kappa shape index (κ2) is 8.87. The Morgan fingerprint density at radius 3 is 2.69 bits per heavy atom. The van der Waals surface area contributed by atoms with Gasteiger partial charge in [-0.25, -0.2) is 14.8 Å². The lowest BCUT2D eigenvalue weighted by Gasteiger charge is -2.18. The number of carbonyl (C=O) groups is 1. The normalized spacial score (nSPS) is 15.2. The molecule has 1 aliphatic carbocycles. The zero-order valence-corrected chi connectivity index (χ0v) is 16.1. The summed E-state index contributed by atoms with van der Waals surface area (Å²) < 4.78 is 0. The second-order valence-electron chi connectivity index (χ2n) is 7.34. The van der Waals surface area contributed by atoms with E-state index in [1.807, 2.05) is 48.5 Å². The Morgan fingerprint density at radius 1 is 1.14 bits per heavy atom. The smallest absolute Gasteiger partial charge is 0.321 e. The Balaban J connectivity index is 1.48. The zero-order chi connectivity index (χ0) is 20.1. The van der Waals surface area contributed by atoms with Gasteiger partial charge in [0, 0.05) is 23.3 Å². The van der Waals surface area contributed by atoms with Gasteiger partial charge in [0.15, 0.2) is 0 Å². The van der Waals surface area contributed by atoms with Gasteiger partial charge >= 0.3 is 6.03 Å². The van der Waals surface area contributed by atoms with Crippen LogP contribution in [-0.4, -0.2) is 33.8 Å². The third kappa shape index (κ3) is 4.81. The van der Waals surface area contributed by atoms with Crippen LogP contribution < -0.4 is 16.0 Å². The lowest BCUT2D eigenvalue weighted by molar-refractivity contribution is 0.248. The molecule has 1 aromatic heterocycles. The molecule has 2 aromatic carbocycles. The number of carbonyl (C=O) groups excluding carboxylic acids is 1. The summed E-state index contributed by atoms with van der Waals surface area (Å²) in [6.07, 6.45) is 6.05. The molecule has 4 N–H and O–H groups in total. The quantitative estimate of drug-likeness (QED) is 0.512. The number of aromatic nitrogens is 2. The minimum absolute atomic E-state index is 0.0278. The summed E-state index contributed by atoms with van der Waals surface area (Å²) in [5.74, 6) is 0.270. The molecule has 1 atom stereocenters. The van der Waals surface area contributed by atoms with Gasteiger partial charge in [0.25, 0.3) is 0 Å². The molecule has 7 heteroatoms. The molecule has 2 amide bonds. The molecule has 1 heterocycles. The molecule has 0 bridgehead atoms. The van der Waals surface area contributed by atoms with E-state index < -0.39 is 0 Å². The van der Waals surface area contributed by atoms with Crippen LogP contribution in [0.4, 0.5) is 16.4 Å². The average molecular weight is 391 g/mol. The number of nitrogens with one attached hydrogen (secondary N) is 3. The number of rotatable bonds is 6. The number of anilines is 2. The molecular weight excluding hydrogens is 366 g/mol. The van der Waals surface area contributed by atoms with Crippen molar-refractivity contribution in [2.45, 2.75) is 37.8 Å². The first-order valence-electron chi connectivity index (χ1n) is 9.98. The van der Waals surface area contributed by atoms with Gasteiger partial charge in [0.2, 0.25) is 5.95 Å². The molecule has 1 saturated carbocycles. The Labute approximate surface area is 169 Å². The van der Waals surface area contributed by atoms with Gasteiger partial charge in [-0.1, -0.05) is 43.2 Å². The van der Waals surface area contributed by atoms with Crippen molar-refractivity contribution >= 4 is 28.6 Å². The summed E-state index contributed by atoms with van der Waals surface area (Å²) in [7, 11) is 0. The number of fused-ring (bicyclic) bond motifs is 1. The topological polar surface area (TPSA) is 99.2 Å². The molecule has 150 valence electrons. The third-order valence-electron chi connectivity index (χ3n) is 5.22. The van der Waals surface area contributed by atoms with Crippen molar-refractivity contribution in [1.29, 1.82) is 0 Å². The van der Waals surface area contributed by atoms with Gasteiger partial charge in [0.05, 0.1) is 18.2 Å². The summed E-state index contributed by atoms with van der Waals surface area (Å²) in [6.45, 7) is -0.0278. The van der Waals surface area contributed by atoms with E-state index in [1.165, 1.54) is 0 Å². The van der Waals surface area contributed by atoms with Crippen molar-refractivity contribution in [3.8, 4) is 0 Å². The van der Waals surface area contributed by atoms with Gasteiger partial charge < -0.3 is 15.7 Å². The number of hydrogen-bond donors (Lipinski definition) is 4. The Morgan fingerprint density at radius 2 is 1.93 bits per heavy atom. The minimum atomic E-state index is -0.269. The largest absolute Gasteiger partial charge is 0.394 e. The molecule has 1 unspecified atom stereocenters. The maximum atomic E-state index is 12.2. The van der Waals surface area contributed by atoms with E-state index in [1.54, 1.807) is 6.20 Å². The molecule has 1 fully saturated rings. The van der Waals surface area contributed by atoms with Crippen molar-refractivity contribution in [3.05, 3.63) is 60.3 Å². The van der Waals surface area contributed by atoms with Crippen LogP contribution in [0.25, 0.3) is 10.9 Å². The van der Waals surface area contributed by atoms with Crippen molar-refractivity contribution in [2.24, 2.45) is 0 Å². The van der Waals surface area contributed by atoms with Crippen molar-refractivity contribution in [1.82, 2.24) is 15.3 Å². The van der Waals surface area contributed by atoms with Crippen LogP contribution in [0, 0.1) is 0 Å². The SMILES string of the molecule is O=C(Nc1ncc2ccc(NC(CO)c3ccccc3)cc2n1)NC1CCCC1. The maximum absolute atomic E-state index is 12.2. The first-order chi connectivity index (χ1) is 14.2. The summed E-state index contributed by atoms with van der Waals surface area (Å²) in [4.78, 5) is 20.9. The van der Waals surface area contributed by atoms with Gasteiger partial charge in [-0.2, -0.15) is 0 Å². The van der Waals surface area contributed by atoms with Crippen LogP contribution in [0.1, 0.15) is 37.3 Å². The molecule has 3 aromatic rings. The Bertz CT molecular complexity index is 973. The predicted molar refractivity (Wildman–Crippen MR) is 114 cm³/mol. The highest BCUT2D eigenvalue weighted by Gasteiger charge is 2.17. The number of hydrogen-bond acceptors (Lipinski definition) is 5. The molecular formula is C22H25N5O2. The van der Waals surface area contributed by atoms with E-state index in [0.29, 0.717) is 5.52 Å². The summed E-state index contributed by atoms with van der Waals surface area (Å²) in [5.41, 5.74) is 2.55. The van der Waals surface area contributed by atoms with Crippen LogP contribution >= 0.6 is 0 Å². The van der Waals surface area contributed by atoms with E-state index in [0.717, 1.165) is 42.3 Å². The van der Waals surface area contributed by atoms with Gasteiger partial charge in [-0.05, 0) is 36.6 Å². The summed E-state index contributed by atoms with van der Waals surface area (Å²) in [6, 6.07) is 15.3. The van der Waals surface area contributed by atoms with Crippen molar-refractivity contribution in [2.75, 3.05) is 17.2 Å². The molecule has 4 rings (SSSR count). The fraction of sp³-hybridized carbons (Fsp3) is 0.318. The highest BCUT2D eigenvalue weighted by molar-refractivity contribution is 5.89. The zero-order valence-electron chi connectivity index (χ0n) is 16.1. The van der Waals surface area contributed by atoms with Crippen LogP contribution in [0.3, 0.4) is 0 Å². The highest BCUT2D eigenvalue weighted by Crippen LogP contribution is 2.23. The molecule has 0 spiro atoms. The third-order valence-corrected chi connectivity index (χ3v) is 5.22. The first-order valence-corrected chi connectivity index (χ1v) is 9.98. The van der Waals surface area contributed by atoms with Crippen molar-refractivity contribution in [3.63, 3.8) is 0 Å². The molecule has 29 heavy (non-hydrogen) atoms. The number of aliphatic hydroxyl groups is 1. The number of nitrogens with zero attached hydrogens (tertiary/aromatic N) is 2. The van der Waals surface area contributed by atoms with E-state index in [4.69, 9.17) is 0 Å². The minimum Gasteiger partial charge on any atom is -0.394 e. The van der Waals surface area contributed by atoms with E-state index in [9.17, 15) is 9.90 Å². The van der Waals surface area contributed by atoms with Crippen molar-refractivity contribution < 1.29 is 9.90 Å². The lowest BCUT2D eigenvalue weighted by atomic mass is 10.1. The molecule has 1 aliphatic rings. The lowest BCUT2D eigenvalue weighted by Crippen LogP contribution is -2.36. The van der Waals surface area contributed by atoms with Crippen LogP contribution in [0.5, 0.6) is 0 Å². The number of amides is 2. The van der Waals surface area contributed by atoms with Gasteiger partial charge in [-0.15, -0.1) is 0 Å². The fourth-order valence-electron chi connectivity index (χ4n) is 3.69. The van der Waals surface area contributed by atoms with E-state index in [-0.39, 0.29) is 30.7 Å². The number of benzene rings is 2. The van der Waals surface area contributed by atoms with Crippen LogP contribution in [-0.2, 0) is 0 Å². The van der Waals surface area contributed by atoms with E-state index >= 15 is 0 Å². The van der Waals surface area contributed by atoms with Gasteiger partial charge in [-0.3, -0.25) is 5.32 Å². The summed E-state index contributed by atoms with van der Waals surface area (Å²) >= 11 is 0. The average Bonchev–Trinajstić information content (AvgIpc) is 3.25. The molecule has 7 nitrogen and oxygen atoms in total. The Kier molecular flexibility index (Phi) is 5.86. The van der Waals surface area contributed by atoms with E-state index in [2.05, 4.69) is 25.9 Å². The fourth-order valence-corrected chi connectivity index (χ4v) is 3.69. The number of urea groups is 1. The molecule has 0 radical (unpaired) electrons. The standard InChI is InChI=1S/C22H25N5O2/c28-14-20(15-6-2-1-3-7-15)24-18-11-10-16-13-23-21(26-19(16)12-18)27-22(29)25-17-8-4-5-9-17/h1-3,6-7,10-13,17,20,24,28H,4-5,8-9,14H2,(H2,23,25,26,27,29). The molecule has 0 aliphatic heterocycles. The summed E-state index contributed by atoms with van der Waals surface area (Å²) in [5, 5.41) is 19.7. The Hall–Kier alpha value is -3.19. The van der Waals surface area contributed by atoms with Crippen LogP contribution in [0.15, 0.2) is 54.7 Å².